The van der Waals surface area contributed by atoms with Crippen molar-refractivity contribution in [1.29, 1.82) is 0 Å². The van der Waals surface area contributed by atoms with E-state index in [9.17, 15) is 4.79 Å². The van der Waals surface area contributed by atoms with Crippen LogP contribution in [0.1, 0.15) is 21.7 Å². The van der Waals surface area contributed by atoms with Crippen LogP contribution in [0.15, 0.2) is 47.1 Å². The molecule has 21 heavy (non-hydrogen) atoms. The third-order valence-electron chi connectivity index (χ3n) is 3.20. The van der Waals surface area contributed by atoms with Gasteiger partial charge in [0.1, 0.15) is 0 Å². The van der Waals surface area contributed by atoms with E-state index in [1.807, 2.05) is 30.5 Å². The van der Waals surface area contributed by atoms with Gasteiger partial charge in [-0.05, 0) is 52.2 Å². The molecule has 0 saturated carbocycles. The maximum absolute atomic E-state index is 10.8. The lowest BCUT2D eigenvalue weighted by molar-refractivity contribution is 0.0697. The summed E-state index contributed by atoms with van der Waals surface area (Å²) in [7, 11) is 0. The van der Waals surface area contributed by atoms with Gasteiger partial charge >= 0.3 is 5.97 Å². The number of carbonyl (C=O) groups is 1. The average Bonchev–Trinajstić information content (AvgIpc) is 2.90. The Morgan fingerprint density at radius 3 is 2.62 bits per heavy atom. The number of carboxylic acids is 1. The zero-order valence-corrected chi connectivity index (χ0v) is 12.6. The molecule has 0 amide bonds. The summed E-state index contributed by atoms with van der Waals surface area (Å²) in [5.74, 6) is -0.141. The van der Waals surface area contributed by atoms with E-state index in [-0.39, 0.29) is 0 Å². The molecule has 5 nitrogen and oxygen atoms in total. The first-order valence-electron chi connectivity index (χ1n) is 6.45. The van der Waals surface area contributed by atoms with Gasteiger partial charge in [0.15, 0.2) is 11.5 Å². The SMILES string of the molecule is O=C(O)c1ccc(CCc2nc3c(Br)cccn3n2)cc1. The first kappa shape index (κ1) is 13.8. The number of rotatable bonds is 4. The van der Waals surface area contributed by atoms with Crippen LogP contribution >= 0.6 is 15.9 Å². The number of nitrogens with zero attached hydrogens (tertiary/aromatic N) is 3. The van der Waals surface area contributed by atoms with Crippen LogP contribution in [-0.4, -0.2) is 25.7 Å². The standard InChI is InChI=1S/C15H12BrN3O2/c16-12-2-1-9-19-14(12)17-13(18-19)8-5-10-3-6-11(7-4-10)15(20)21/h1-4,6-7,9H,5,8H2,(H,20,21). The molecule has 0 saturated heterocycles. The van der Waals surface area contributed by atoms with Gasteiger partial charge in [-0.2, -0.15) is 5.10 Å². The molecule has 1 aromatic carbocycles. The van der Waals surface area contributed by atoms with Crippen molar-refractivity contribution < 1.29 is 9.90 Å². The number of fused-ring (bicyclic) bond motifs is 1. The normalized spacial score (nSPS) is 10.9. The van der Waals surface area contributed by atoms with E-state index in [0.717, 1.165) is 27.9 Å². The summed E-state index contributed by atoms with van der Waals surface area (Å²) >= 11 is 3.45. The third kappa shape index (κ3) is 2.95. The number of aromatic carboxylic acids is 1. The highest BCUT2D eigenvalue weighted by Gasteiger charge is 2.07. The van der Waals surface area contributed by atoms with Crippen LogP contribution in [0, 0.1) is 0 Å². The van der Waals surface area contributed by atoms with Crippen molar-refractivity contribution in [2.45, 2.75) is 12.8 Å². The summed E-state index contributed by atoms with van der Waals surface area (Å²) in [5, 5.41) is 13.3. The van der Waals surface area contributed by atoms with E-state index >= 15 is 0 Å². The summed E-state index contributed by atoms with van der Waals surface area (Å²) in [4.78, 5) is 15.3. The number of carboxylic acid groups (broad SMARTS) is 1. The summed E-state index contributed by atoms with van der Waals surface area (Å²) in [6, 6.07) is 10.7. The van der Waals surface area contributed by atoms with E-state index < -0.39 is 5.97 Å². The minimum Gasteiger partial charge on any atom is -0.478 e. The molecule has 106 valence electrons. The van der Waals surface area contributed by atoms with Crippen molar-refractivity contribution in [3.63, 3.8) is 0 Å². The van der Waals surface area contributed by atoms with E-state index in [1.165, 1.54) is 0 Å². The molecule has 0 radical (unpaired) electrons. The molecule has 3 aromatic rings. The molecule has 0 fully saturated rings. The van der Waals surface area contributed by atoms with Gasteiger partial charge in [0, 0.05) is 12.6 Å². The number of halogens is 1. The lowest BCUT2D eigenvalue weighted by Gasteiger charge is -1.99. The highest BCUT2D eigenvalue weighted by Crippen LogP contribution is 2.16. The van der Waals surface area contributed by atoms with Crippen LogP contribution in [-0.2, 0) is 12.8 Å². The number of aryl methyl sites for hydroxylation is 2. The first-order chi connectivity index (χ1) is 10.1. The molecular weight excluding hydrogens is 334 g/mol. The van der Waals surface area contributed by atoms with Gasteiger partial charge in [0.05, 0.1) is 10.0 Å². The van der Waals surface area contributed by atoms with E-state index in [0.29, 0.717) is 12.0 Å². The Morgan fingerprint density at radius 2 is 1.95 bits per heavy atom. The molecule has 3 rings (SSSR count). The quantitative estimate of drug-likeness (QED) is 0.789. The zero-order valence-electron chi connectivity index (χ0n) is 11.0. The van der Waals surface area contributed by atoms with Crippen LogP contribution in [0.25, 0.3) is 5.65 Å². The second kappa shape index (κ2) is 5.65. The molecule has 0 bridgehead atoms. The van der Waals surface area contributed by atoms with Crippen molar-refractivity contribution in [1.82, 2.24) is 14.6 Å². The number of hydrogen-bond donors (Lipinski definition) is 1. The molecule has 0 unspecified atom stereocenters. The molecular formula is C15H12BrN3O2. The van der Waals surface area contributed by atoms with E-state index in [2.05, 4.69) is 26.0 Å². The fourth-order valence-electron chi connectivity index (χ4n) is 2.09. The molecule has 6 heteroatoms. The summed E-state index contributed by atoms with van der Waals surface area (Å²) in [6.45, 7) is 0. The molecule has 0 spiro atoms. The van der Waals surface area contributed by atoms with Crippen LogP contribution in [0.2, 0.25) is 0 Å². The summed E-state index contributed by atoms with van der Waals surface area (Å²) in [5.41, 5.74) is 2.17. The fourth-order valence-corrected chi connectivity index (χ4v) is 2.52. The maximum atomic E-state index is 10.8. The topological polar surface area (TPSA) is 67.5 Å². The first-order valence-corrected chi connectivity index (χ1v) is 7.25. The van der Waals surface area contributed by atoms with Crippen molar-refractivity contribution in [2.75, 3.05) is 0 Å². The van der Waals surface area contributed by atoms with Gasteiger partial charge in [-0.25, -0.2) is 14.3 Å². The van der Waals surface area contributed by atoms with Crippen LogP contribution < -0.4 is 0 Å². The van der Waals surface area contributed by atoms with Gasteiger partial charge in [0.2, 0.25) is 0 Å². The van der Waals surface area contributed by atoms with E-state index in [4.69, 9.17) is 5.11 Å². The number of pyridine rings is 1. The molecule has 0 aliphatic rings. The lowest BCUT2D eigenvalue weighted by atomic mass is 10.1. The van der Waals surface area contributed by atoms with Gasteiger partial charge < -0.3 is 5.11 Å². The molecule has 1 N–H and O–H groups in total. The van der Waals surface area contributed by atoms with Gasteiger partial charge in [0.25, 0.3) is 0 Å². The Morgan fingerprint density at radius 1 is 1.19 bits per heavy atom. The Kier molecular flexibility index (Phi) is 3.70. The van der Waals surface area contributed by atoms with Crippen LogP contribution in [0.5, 0.6) is 0 Å². The highest BCUT2D eigenvalue weighted by atomic mass is 79.9. The van der Waals surface area contributed by atoms with Crippen molar-refractivity contribution in [2.24, 2.45) is 0 Å². The molecule has 0 atom stereocenters. The minimum atomic E-state index is -0.909. The summed E-state index contributed by atoms with van der Waals surface area (Å²) < 4.78 is 2.65. The Balaban J connectivity index is 1.74. The van der Waals surface area contributed by atoms with E-state index in [1.54, 1.807) is 16.6 Å². The second-order valence-corrected chi connectivity index (χ2v) is 5.51. The van der Waals surface area contributed by atoms with Gasteiger partial charge in [-0.3, -0.25) is 0 Å². The molecule has 2 heterocycles. The average molecular weight is 346 g/mol. The summed E-state index contributed by atoms with van der Waals surface area (Å²) in [6.07, 6.45) is 3.34. The van der Waals surface area contributed by atoms with Crippen molar-refractivity contribution in [3.05, 3.63) is 64.0 Å². The minimum absolute atomic E-state index is 0.300. The fraction of sp³-hybridized carbons (Fsp3) is 0.133. The predicted molar refractivity (Wildman–Crippen MR) is 81.5 cm³/mol. The lowest BCUT2D eigenvalue weighted by Crippen LogP contribution is -1.98. The van der Waals surface area contributed by atoms with Crippen LogP contribution in [0.3, 0.4) is 0 Å². The van der Waals surface area contributed by atoms with Gasteiger partial charge in [-0.1, -0.05) is 12.1 Å². The number of aromatic nitrogens is 3. The van der Waals surface area contributed by atoms with Crippen molar-refractivity contribution in [3.8, 4) is 0 Å². The van der Waals surface area contributed by atoms with Crippen molar-refractivity contribution >= 4 is 27.5 Å². The largest absolute Gasteiger partial charge is 0.478 e. The number of hydrogen-bond acceptors (Lipinski definition) is 3. The Hall–Kier alpha value is -2.21. The molecule has 0 aliphatic heterocycles. The smallest absolute Gasteiger partial charge is 0.335 e. The molecule has 2 aromatic heterocycles. The Bertz CT molecular complexity index is 796. The van der Waals surface area contributed by atoms with Gasteiger partial charge in [-0.15, -0.1) is 0 Å². The Labute approximate surface area is 129 Å². The second-order valence-electron chi connectivity index (χ2n) is 4.65. The third-order valence-corrected chi connectivity index (χ3v) is 3.82. The zero-order chi connectivity index (χ0) is 14.8. The molecule has 0 aliphatic carbocycles. The van der Waals surface area contributed by atoms with Crippen LogP contribution in [0.4, 0.5) is 0 Å². The predicted octanol–water partition coefficient (Wildman–Crippen LogP) is 2.98. The highest BCUT2D eigenvalue weighted by molar-refractivity contribution is 9.10. The maximum Gasteiger partial charge on any atom is 0.335 e. The number of benzene rings is 1. The monoisotopic (exact) mass is 345 g/mol.